The fourth-order valence-corrected chi connectivity index (χ4v) is 3.26. The minimum atomic E-state index is -1.30. The molecule has 0 saturated carbocycles. The van der Waals surface area contributed by atoms with Crippen molar-refractivity contribution in [3.05, 3.63) is 29.3 Å². The van der Waals surface area contributed by atoms with Crippen LogP contribution in [0.5, 0.6) is 5.75 Å². The highest BCUT2D eigenvalue weighted by atomic mass is 16.6. The molecule has 3 unspecified atom stereocenters. The van der Waals surface area contributed by atoms with Gasteiger partial charge in [0.25, 0.3) is 0 Å². The second kappa shape index (κ2) is 11.9. The third-order valence-corrected chi connectivity index (χ3v) is 4.99. The summed E-state index contributed by atoms with van der Waals surface area (Å²) < 4.78 is 5.22. The van der Waals surface area contributed by atoms with Crippen molar-refractivity contribution < 1.29 is 29.3 Å². The number of rotatable bonds is 9. The van der Waals surface area contributed by atoms with Gasteiger partial charge in [0, 0.05) is 12.1 Å². The van der Waals surface area contributed by atoms with Gasteiger partial charge in [-0.1, -0.05) is 13.0 Å². The predicted octanol–water partition coefficient (Wildman–Crippen LogP) is 2.78. The van der Waals surface area contributed by atoms with Crippen LogP contribution < -0.4 is 10.6 Å². The Bertz CT molecular complexity index is 834. The van der Waals surface area contributed by atoms with Crippen LogP contribution in [-0.4, -0.2) is 63.4 Å². The third kappa shape index (κ3) is 8.24. The van der Waals surface area contributed by atoms with Gasteiger partial charge in [-0.25, -0.2) is 4.79 Å². The van der Waals surface area contributed by atoms with Crippen molar-refractivity contribution in [3.63, 3.8) is 0 Å². The van der Waals surface area contributed by atoms with E-state index in [4.69, 9.17) is 4.74 Å². The minimum Gasteiger partial charge on any atom is -0.508 e. The van der Waals surface area contributed by atoms with Crippen molar-refractivity contribution in [2.45, 2.75) is 91.6 Å². The molecule has 3 amide bonds. The molecule has 0 bridgehead atoms. The Labute approximate surface area is 196 Å². The minimum absolute atomic E-state index is 0.0722. The zero-order valence-electron chi connectivity index (χ0n) is 20.9. The highest BCUT2D eigenvalue weighted by Gasteiger charge is 2.38. The van der Waals surface area contributed by atoms with Gasteiger partial charge in [-0.2, -0.15) is 0 Å². The molecule has 0 fully saturated rings. The van der Waals surface area contributed by atoms with E-state index in [0.29, 0.717) is 17.5 Å². The van der Waals surface area contributed by atoms with Crippen molar-refractivity contribution >= 4 is 17.9 Å². The lowest BCUT2D eigenvalue weighted by Gasteiger charge is -2.38. The van der Waals surface area contributed by atoms with Crippen molar-refractivity contribution in [3.8, 4) is 5.75 Å². The summed E-state index contributed by atoms with van der Waals surface area (Å²) in [4.78, 5) is 40.5. The van der Waals surface area contributed by atoms with Crippen molar-refractivity contribution in [2.24, 2.45) is 0 Å². The number of hydrogen-bond donors (Lipinski definition) is 4. The summed E-state index contributed by atoms with van der Waals surface area (Å²) in [5, 5.41) is 25.1. The van der Waals surface area contributed by atoms with Crippen molar-refractivity contribution in [2.75, 3.05) is 6.61 Å². The number of hydrogen-bond acceptors (Lipinski definition) is 6. The predicted molar refractivity (Wildman–Crippen MR) is 126 cm³/mol. The number of nitrogens with one attached hydrogen (secondary N) is 2. The molecule has 0 aliphatic heterocycles. The van der Waals surface area contributed by atoms with Crippen molar-refractivity contribution in [1.82, 2.24) is 15.5 Å². The molecule has 186 valence electrons. The molecule has 1 aromatic rings. The molecule has 0 aliphatic rings. The SMILES string of the molecule is CCC(C)N(C(=O)C(CO)NC(=O)OC(C)(C)C)C(C(=O)NC(C)C)c1ccc(O)c(C)c1. The van der Waals surface area contributed by atoms with Gasteiger partial charge >= 0.3 is 6.09 Å². The largest absolute Gasteiger partial charge is 0.508 e. The van der Waals surface area contributed by atoms with Gasteiger partial charge in [0.15, 0.2) is 0 Å². The zero-order chi connectivity index (χ0) is 25.5. The molecule has 0 aromatic heterocycles. The number of carbonyl (C=O) groups is 3. The molecule has 0 saturated heterocycles. The molecule has 4 N–H and O–H groups in total. The number of alkyl carbamates (subject to hydrolysis) is 1. The van der Waals surface area contributed by atoms with Gasteiger partial charge in [-0.15, -0.1) is 0 Å². The average molecular weight is 466 g/mol. The molecule has 1 rings (SSSR count). The van der Waals surface area contributed by atoms with Gasteiger partial charge in [0.1, 0.15) is 23.4 Å². The molecule has 9 heteroatoms. The Morgan fingerprint density at radius 2 is 1.73 bits per heavy atom. The highest BCUT2D eigenvalue weighted by molar-refractivity contribution is 5.92. The number of aryl methyl sites for hydroxylation is 1. The van der Waals surface area contributed by atoms with E-state index in [9.17, 15) is 24.6 Å². The number of ether oxygens (including phenoxy) is 1. The number of phenolic OH excluding ortho intramolecular Hbond substituents is 1. The number of amides is 3. The van der Waals surface area contributed by atoms with E-state index in [-0.39, 0.29) is 11.8 Å². The van der Waals surface area contributed by atoms with E-state index in [0.717, 1.165) is 0 Å². The first-order valence-electron chi connectivity index (χ1n) is 11.2. The van der Waals surface area contributed by atoms with E-state index < -0.39 is 48.2 Å². The molecule has 0 radical (unpaired) electrons. The third-order valence-electron chi connectivity index (χ3n) is 4.99. The van der Waals surface area contributed by atoms with Crippen LogP contribution in [0.1, 0.15) is 72.1 Å². The second-order valence-electron chi connectivity index (χ2n) is 9.50. The van der Waals surface area contributed by atoms with E-state index in [1.54, 1.807) is 46.8 Å². The molecule has 3 atom stereocenters. The summed E-state index contributed by atoms with van der Waals surface area (Å²) in [5.41, 5.74) is 0.273. The van der Waals surface area contributed by atoms with Crippen LogP contribution in [0, 0.1) is 6.92 Å². The van der Waals surface area contributed by atoms with Crippen LogP contribution in [0.2, 0.25) is 0 Å². The van der Waals surface area contributed by atoms with Crippen LogP contribution >= 0.6 is 0 Å². The average Bonchev–Trinajstić information content (AvgIpc) is 2.69. The number of benzene rings is 1. The fraction of sp³-hybridized carbons (Fsp3) is 0.625. The van der Waals surface area contributed by atoms with Gasteiger partial charge in [0.2, 0.25) is 11.8 Å². The molecule has 0 aliphatic carbocycles. The van der Waals surface area contributed by atoms with E-state index in [2.05, 4.69) is 10.6 Å². The molecular weight excluding hydrogens is 426 g/mol. The summed E-state index contributed by atoms with van der Waals surface area (Å²) in [5.74, 6) is -0.951. The first-order chi connectivity index (χ1) is 15.2. The van der Waals surface area contributed by atoms with Crippen LogP contribution in [0.25, 0.3) is 0 Å². The summed E-state index contributed by atoms with van der Waals surface area (Å²) >= 11 is 0. The van der Waals surface area contributed by atoms with E-state index >= 15 is 0 Å². The fourth-order valence-electron chi connectivity index (χ4n) is 3.26. The maximum Gasteiger partial charge on any atom is 0.408 e. The topological polar surface area (TPSA) is 128 Å². The van der Waals surface area contributed by atoms with Gasteiger partial charge < -0.3 is 30.5 Å². The maximum atomic E-state index is 13.6. The Balaban J connectivity index is 3.46. The lowest BCUT2D eigenvalue weighted by atomic mass is 9.98. The maximum absolute atomic E-state index is 13.6. The number of carbonyl (C=O) groups excluding carboxylic acids is 3. The van der Waals surface area contributed by atoms with Crippen LogP contribution in [0.15, 0.2) is 18.2 Å². The summed E-state index contributed by atoms with van der Waals surface area (Å²) in [6.45, 7) is 13.4. The number of nitrogens with zero attached hydrogens (tertiary/aromatic N) is 1. The summed E-state index contributed by atoms with van der Waals surface area (Å²) in [6, 6.07) is 1.79. The van der Waals surface area contributed by atoms with Crippen LogP contribution in [0.3, 0.4) is 0 Å². The van der Waals surface area contributed by atoms with E-state index in [1.165, 1.54) is 11.0 Å². The monoisotopic (exact) mass is 465 g/mol. The lowest BCUT2D eigenvalue weighted by molar-refractivity contribution is -0.146. The standard InChI is InChI=1S/C24H39N3O6/c1-9-16(5)27(22(31)18(13-28)26-23(32)33-24(6,7)8)20(21(30)25-14(2)3)17-10-11-19(29)15(4)12-17/h10-12,14,16,18,20,28-29H,9,13H2,1-8H3,(H,25,30)(H,26,32). The highest BCUT2D eigenvalue weighted by Crippen LogP contribution is 2.29. The van der Waals surface area contributed by atoms with E-state index in [1.807, 2.05) is 20.8 Å². The molecule has 33 heavy (non-hydrogen) atoms. The van der Waals surface area contributed by atoms with Crippen molar-refractivity contribution in [1.29, 1.82) is 0 Å². The zero-order valence-corrected chi connectivity index (χ0v) is 20.9. The Morgan fingerprint density at radius 1 is 1.12 bits per heavy atom. The molecule has 1 aromatic carbocycles. The first kappa shape index (κ1) is 28.2. The van der Waals surface area contributed by atoms with Crippen LogP contribution in [0.4, 0.5) is 4.79 Å². The smallest absolute Gasteiger partial charge is 0.408 e. The normalized spacial score (nSPS) is 14.2. The molecular formula is C24H39N3O6. The number of aliphatic hydroxyl groups is 1. The summed E-state index contributed by atoms with van der Waals surface area (Å²) in [7, 11) is 0. The first-order valence-corrected chi connectivity index (χ1v) is 11.2. The number of phenols is 1. The summed E-state index contributed by atoms with van der Waals surface area (Å²) in [6.07, 6.45) is -0.318. The molecule has 9 nitrogen and oxygen atoms in total. The number of aliphatic hydroxyl groups excluding tert-OH is 1. The molecule has 0 heterocycles. The Hall–Kier alpha value is -2.81. The van der Waals surface area contributed by atoms with Gasteiger partial charge in [-0.3, -0.25) is 9.59 Å². The Morgan fingerprint density at radius 3 is 2.18 bits per heavy atom. The second-order valence-corrected chi connectivity index (χ2v) is 9.50. The number of aromatic hydroxyl groups is 1. The molecule has 0 spiro atoms. The lowest BCUT2D eigenvalue weighted by Crippen LogP contribution is -2.57. The van der Waals surface area contributed by atoms with Crippen LogP contribution in [-0.2, 0) is 14.3 Å². The Kier molecular flexibility index (Phi) is 10.2. The van der Waals surface area contributed by atoms with Gasteiger partial charge in [-0.05, 0) is 78.1 Å². The van der Waals surface area contributed by atoms with Gasteiger partial charge in [0.05, 0.1) is 6.61 Å². The quantitative estimate of drug-likeness (QED) is 0.444.